The summed E-state index contributed by atoms with van der Waals surface area (Å²) in [4.78, 5) is 0. The molecule has 14 heavy (non-hydrogen) atoms. The van der Waals surface area contributed by atoms with Gasteiger partial charge >= 0.3 is 0 Å². The largest absolute Gasteiger partial charge is 0.319 e. The number of nitrogens with one attached hydrogen (secondary N) is 1. The maximum Gasteiger partial charge on any atom is -0.00148 e. The number of hydrogen-bond acceptors (Lipinski definition) is 1. The third-order valence-electron chi connectivity index (χ3n) is 3.62. The molecule has 0 saturated heterocycles. The van der Waals surface area contributed by atoms with Crippen molar-refractivity contribution in [3.63, 3.8) is 0 Å². The van der Waals surface area contributed by atoms with Crippen LogP contribution in [-0.4, -0.2) is 13.6 Å². The molecular weight excluding hydrogens is 170 g/mol. The molecule has 0 heterocycles. The first kappa shape index (κ1) is 9.72. The van der Waals surface area contributed by atoms with Crippen molar-refractivity contribution in [2.24, 2.45) is 5.92 Å². The summed E-state index contributed by atoms with van der Waals surface area (Å²) in [5, 5.41) is 3.27. The zero-order valence-electron chi connectivity index (χ0n) is 9.30. The van der Waals surface area contributed by atoms with E-state index in [9.17, 15) is 0 Å². The van der Waals surface area contributed by atoms with Gasteiger partial charge in [0.15, 0.2) is 0 Å². The van der Waals surface area contributed by atoms with Crippen molar-refractivity contribution < 1.29 is 0 Å². The molecule has 0 spiro atoms. The molecule has 2 unspecified atom stereocenters. The van der Waals surface area contributed by atoms with E-state index in [-0.39, 0.29) is 0 Å². The Hall–Kier alpha value is -0.820. The fourth-order valence-electron chi connectivity index (χ4n) is 2.54. The Labute approximate surface area is 86.5 Å². The Morgan fingerprint density at radius 2 is 2.14 bits per heavy atom. The van der Waals surface area contributed by atoms with Gasteiger partial charge in [-0.2, -0.15) is 0 Å². The van der Waals surface area contributed by atoms with Crippen LogP contribution in [0.15, 0.2) is 24.3 Å². The lowest BCUT2D eigenvalue weighted by molar-refractivity contribution is 0.615. The highest BCUT2D eigenvalue weighted by atomic mass is 14.8. The van der Waals surface area contributed by atoms with Gasteiger partial charge in [0.05, 0.1) is 0 Å². The second-order valence-corrected chi connectivity index (χ2v) is 4.69. The molecule has 1 aliphatic rings. The molecule has 76 valence electrons. The monoisotopic (exact) mass is 189 g/mol. The summed E-state index contributed by atoms with van der Waals surface area (Å²) in [6.45, 7) is 5.75. The highest BCUT2D eigenvalue weighted by Crippen LogP contribution is 2.54. The molecule has 1 N–H and O–H groups in total. The topological polar surface area (TPSA) is 12.0 Å². The first-order valence-electron chi connectivity index (χ1n) is 5.39. The minimum Gasteiger partial charge on any atom is -0.319 e. The van der Waals surface area contributed by atoms with Crippen molar-refractivity contribution in [2.45, 2.75) is 25.7 Å². The molecule has 1 saturated carbocycles. The predicted octanol–water partition coefficient (Wildman–Crippen LogP) is 2.49. The minimum absolute atomic E-state index is 0.439. The normalized spacial score (nSPS) is 30.4. The molecule has 0 bridgehead atoms. The SMILES string of the molecule is CNCC1CC1(C)c1ccccc1C. The van der Waals surface area contributed by atoms with Gasteiger partial charge in [-0.05, 0) is 49.4 Å². The maximum absolute atomic E-state index is 3.27. The molecule has 1 aromatic carbocycles. The van der Waals surface area contributed by atoms with Gasteiger partial charge in [-0.25, -0.2) is 0 Å². The molecule has 0 amide bonds. The Morgan fingerprint density at radius 3 is 2.79 bits per heavy atom. The van der Waals surface area contributed by atoms with Crippen molar-refractivity contribution in [1.82, 2.24) is 5.32 Å². The molecule has 2 atom stereocenters. The smallest absolute Gasteiger partial charge is 0.00148 e. The molecule has 1 heteroatoms. The Balaban J connectivity index is 2.21. The van der Waals surface area contributed by atoms with E-state index < -0.39 is 0 Å². The van der Waals surface area contributed by atoms with Crippen LogP contribution in [-0.2, 0) is 5.41 Å². The van der Waals surface area contributed by atoms with Crippen LogP contribution >= 0.6 is 0 Å². The lowest BCUT2D eigenvalue weighted by Gasteiger charge is -2.14. The summed E-state index contributed by atoms with van der Waals surface area (Å²) in [5.41, 5.74) is 3.42. The summed E-state index contributed by atoms with van der Waals surface area (Å²) in [6, 6.07) is 8.78. The van der Waals surface area contributed by atoms with Gasteiger partial charge in [0.1, 0.15) is 0 Å². The summed E-state index contributed by atoms with van der Waals surface area (Å²) in [6.07, 6.45) is 1.33. The lowest BCUT2D eigenvalue weighted by Crippen LogP contribution is -2.16. The standard InChI is InChI=1S/C13H19N/c1-10-6-4-5-7-12(10)13(2)8-11(13)9-14-3/h4-7,11,14H,8-9H2,1-3H3. The summed E-state index contributed by atoms with van der Waals surface area (Å²) in [7, 11) is 2.04. The van der Waals surface area contributed by atoms with Gasteiger partial charge < -0.3 is 5.32 Å². The quantitative estimate of drug-likeness (QED) is 0.770. The fraction of sp³-hybridized carbons (Fsp3) is 0.538. The second kappa shape index (κ2) is 3.39. The van der Waals surface area contributed by atoms with Crippen LogP contribution < -0.4 is 5.32 Å². The van der Waals surface area contributed by atoms with Crippen LogP contribution in [0, 0.1) is 12.8 Å². The van der Waals surface area contributed by atoms with Crippen molar-refractivity contribution >= 4 is 0 Å². The maximum atomic E-state index is 3.27. The number of benzene rings is 1. The molecule has 1 fully saturated rings. The van der Waals surface area contributed by atoms with E-state index >= 15 is 0 Å². The summed E-state index contributed by atoms with van der Waals surface area (Å²) in [5.74, 6) is 0.827. The molecular formula is C13H19N. The fourth-order valence-corrected chi connectivity index (χ4v) is 2.54. The van der Waals surface area contributed by atoms with E-state index in [1.54, 1.807) is 5.56 Å². The average Bonchev–Trinajstić information content (AvgIpc) is 2.79. The molecule has 0 aliphatic heterocycles. The van der Waals surface area contributed by atoms with Crippen LogP contribution in [0.5, 0.6) is 0 Å². The van der Waals surface area contributed by atoms with Crippen LogP contribution in [0.4, 0.5) is 0 Å². The van der Waals surface area contributed by atoms with E-state index in [0.29, 0.717) is 5.41 Å². The molecule has 1 nitrogen and oxygen atoms in total. The lowest BCUT2D eigenvalue weighted by atomic mass is 9.91. The van der Waals surface area contributed by atoms with E-state index in [1.165, 1.54) is 12.0 Å². The van der Waals surface area contributed by atoms with Gasteiger partial charge in [0.2, 0.25) is 0 Å². The van der Waals surface area contributed by atoms with Crippen molar-refractivity contribution in [3.8, 4) is 0 Å². The van der Waals surface area contributed by atoms with Gasteiger partial charge in [-0.15, -0.1) is 0 Å². The number of hydrogen-bond donors (Lipinski definition) is 1. The molecule has 0 aromatic heterocycles. The van der Waals surface area contributed by atoms with Crippen LogP contribution in [0.2, 0.25) is 0 Å². The highest BCUT2D eigenvalue weighted by molar-refractivity contribution is 5.38. The predicted molar refractivity (Wildman–Crippen MR) is 60.6 cm³/mol. The molecule has 1 aromatic rings. The van der Waals surface area contributed by atoms with E-state index in [0.717, 1.165) is 12.5 Å². The first-order valence-corrected chi connectivity index (χ1v) is 5.39. The Bertz CT molecular complexity index is 332. The molecule has 0 radical (unpaired) electrons. The van der Waals surface area contributed by atoms with E-state index in [4.69, 9.17) is 0 Å². The van der Waals surface area contributed by atoms with E-state index in [2.05, 4.69) is 43.4 Å². The third kappa shape index (κ3) is 1.46. The van der Waals surface area contributed by atoms with Gasteiger partial charge in [-0.3, -0.25) is 0 Å². The van der Waals surface area contributed by atoms with Crippen molar-refractivity contribution in [2.75, 3.05) is 13.6 Å². The third-order valence-corrected chi connectivity index (χ3v) is 3.62. The second-order valence-electron chi connectivity index (χ2n) is 4.69. The zero-order valence-corrected chi connectivity index (χ0v) is 9.30. The summed E-state index contributed by atoms with van der Waals surface area (Å²) < 4.78 is 0. The van der Waals surface area contributed by atoms with Crippen molar-refractivity contribution in [3.05, 3.63) is 35.4 Å². The molecule has 2 rings (SSSR count). The Kier molecular flexibility index (Phi) is 2.36. The van der Waals surface area contributed by atoms with Gasteiger partial charge in [-0.1, -0.05) is 31.2 Å². The molecule has 1 aliphatic carbocycles. The first-order chi connectivity index (χ1) is 6.68. The van der Waals surface area contributed by atoms with Crippen LogP contribution in [0.1, 0.15) is 24.5 Å². The van der Waals surface area contributed by atoms with Gasteiger partial charge in [0.25, 0.3) is 0 Å². The number of rotatable bonds is 3. The average molecular weight is 189 g/mol. The van der Waals surface area contributed by atoms with Crippen molar-refractivity contribution in [1.29, 1.82) is 0 Å². The zero-order chi connectivity index (χ0) is 10.2. The summed E-state index contributed by atoms with van der Waals surface area (Å²) >= 11 is 0. The number of aryl methyl sites for hydroxylation is 1. The van der Waals surface area contributed by atoms with Crippen LogP contribution in [0.25, 0.3) is 0 Å². The Morgan fingerprint density at radius 1 is 1.43 bits per heavy atom. The minimum atomic E-state index is 0.439. The van der Waals surface area contributed by atoms with E-state index in [1.807, 2.05) is 7.05 Å². The highest BCUT2D eigenvalue weighted by Gasteiger charge is 2.50. The van der Waals surface area contributed by atoms with Gasteiger partial charge in [0, 0.05) is 0 Å². The van der Waals surface area contributed by atoms with Crippen LogP contribution in [0.3, 0.4) is 0 Å².